The topological polar surface area (TPSA) is 55.0 Å². The van der Waals surface area contributed by atoms with Crippen molar-refractivity contribution in [3.05, 3.63) is 45.6 Å². The smallest absolute Gasteiger partial charge is 0.190 e. The number of pyridine rings is 1. The standard InChI is InChI=1S/C14H12N2O2S/c1-8-12(18-2)4-3-9-11(17)7-10(16-13(8)9)14-15-5-6-19-14/h3-7H,1-2H3,(H,16,17). The molecule has 96 valence electrons. The number of aromatic nitrogens is 2. The van der Waals surface area contributed by atoms with E-state index in [0.29, 0.717) is 5.39 Å². The SMILES string of the molecule is COc1ccc2c(=O)cc(-c3nccs3)[nH]c2c1C. The van der Waals surface area contributed by atoms with E-state index in [9.17, 15) is 4.79 Å². The maximum absolute atomic E-state index is 12.2. The van der Waals surface area contributed by atoms with E-state index in [1.165, 1.54) is 11.3 Å². The molecule has 1 aromatic carbocycles. The van der Waals surface area contributed by atoms with E-state index in [1.54, 1.807) is 25.4 Å². The molecule has 0 spiro atoms. The van der Waals surface area contributed by atoms with E-state index in [4.69, 9.17) is 4.74 Å². The number of H-pyrrole nitrogens is 1. The number of rotatable bonds is 2. The predicted molar refractivity (Wildman–Crippen MR) is 77.0 cm³/mol. The largest absolute Gasteiger partial charge is 0.496 e. The Balaban J connectivity index is 2.35. The fourth-order valence-corrected chi connectivity index (χ4v) is 2.74. The zero-order chi connectivity index (χ0) is 13.4. The second-order valence-electron chi connectivity index (χ2n) is 4.20. The third kappa shape index (κ3) is 1.92. The number of methoxy groups -OCH3 is 1. The van der Waals surface area contributed by atoms with Crippen LogP contribution in [-0.4, -0.2) is 17.1 Å². The lowest BCUT2D eigenvalue weighted by Gasteiger charge is -2.09. The highest BCUT2D eigenvalue weighted by atomic mass is 32.1. The van der Waals surface area contributed by atoms with E-state index in [2.05, 4.69) is 9.97 Å². The van der Waals surface area contributed by atoms with Crippen molar-refractivity contribution in [3.8, 4) is 16.5 Å². The minimum absolute atomic E-state index is 0.00953. The second-order valence-corrected chi connectivity index (χ2v) is 5.09. The number of hydrogen-bond donors (Lipinski definition) is 1. The van der Waals surface area contributed by atoms with Gasteiger partial charge in [0, 0.05) is 28.6 Å². The average molecular weight is 272 g/mol. The Bertz CT molecular complexity index is 791. The first-order valence-electron chi connectivity index (χ1n) is 5.81. The number of aromatic amines is 1. The van der Waals surface area contributed by atoms with Crippen molar-refractivity contribution in [2.24, 2.45) is 0 Å². The van der Waals surface area contributed by atoms with Gasteiger partial charge in [-0.2, -0.15) is 0 Å². The molecule has 0 amide bonds. The molecule has 2 aromatic heterocycles. The van der Waals surface area contributed by atoms with E-state index in [0.717, 1.165) is 27.5 Å². The maximum atomic E-state index is 12.2. The lowest BCUT2D eigenvalue weighted by atomic mass is 10.1. The van der Waals surface area contributed by atoms with Crippen molar-refractivity contribution in [1.82, 2.24) is 9.97 Å². The number of nitrogens with one attached hydrogen (secondary N) is 1. The van der Waals surface area contributed by atoms with Gasteiger partial charge in [0.15, 0.2) is 5.43 Å². The van der Waals surface area contributed by atoms with Gasteiger partial charge in [0.1, 0.15) is 10.8 Å². The normalized spacial score (nSPS) is 10.8. The summed E-state index contributed by atoms with van der Waals surface area (Å²) in [5, 5.41) is 3.36. The summed E-state index contributed by atoms with van der Waals surface area (Å²) in [6.45, 7) is 1.93. The van der Waals surface area contributed by atoms with Crippen LogP contribution in [0.1, 0.15) is 5.56 Å². The molecule has 5 heteroatoms. The fraction of sp³-hybridized carbons (Fsp3) is 0.143. The minimum Gasteiger partial charge on any atom is -0.496 e. The first kappa shape index (κ1) is 11.9. The summed E-state index contributed by atoms with van der Waals surface area (Å²) < 4.78 is 5.29. The van der Waals surface area contributed by atoms with Crippen LogP contribution in [0, 0.1) is 6.92 Å². The zero-order valence-electron chi connectivity index (χ0n) is 10.6. The lowest BCUT2D eigenvalue weighted by molar-refractivity contribution is 0.412. The molecule has 0 fully saturated rings. The first-order chi connectivity index (χ1) is 9.20. The second kappa shape index (κ2) is 4.51. The third-order valence-corrected chi connectivity index (χ3v) is 3.90. The van der Waals surface area contributed by atoms with Gasteiger partial charge in [-0.1, -0.05) is 0 Å². The number of nitrogens with zero attached hydrogens (tertiary/aromatic N) is 1. The van der Waals surface area contributed by atoms with Gasteiger partial charge >= 0.3 is 0 Å². The predicted octanol–water partition coefficient (Wildman–Crippen LogP) is 2.97. The zero-order valence-corrected chi connectivity index (χ0v) is 11.4. The molecule has 3 aromatic rings. The van der Waals surface area contributed by atoms with Crippen molar-refractivity contribution in [2.45, 2.75) is 6.92 Å². The summed E-state index contributed by atoms with van der Waals surface area (Å²) in [5.74, 6) is 0.763. The molecule has 19 heavy (non-hydrogen) atoms. The summed E-state index contributed by atoms with van der Waals surface area (Å²) in [6.07, 6.45) is 1.72. The Morgan fingerprint density at radius 2 is 2.21 bits per heavy atom. The van der Waals surface area contributed by atoms with Gasteiger partial charge in [0.05, 0.1) is 18.3 Å². The van der Waals surface area contributed by atoms with Gasteiger partial charge in [-0.25, -0.2) is 4.98 Å². The van der Waals surface area contributed by atoms with Crippen LogP contribution in [0.2, 0.25) is 0 Å². The minimum atomic E-state index is -0.00953. The van der Waals surface area contributed by atoms with Crippen LogP contribution in [0.5, 0.6) is 5.75 Å². The van der Waals surface area contributed by atoms with Gasteiger partial charge < -0.3 is 9.72 Å². The van der Waals surface area contributed by atoms with Crippen LogP contribution < -0.4 is 10.2 Å². The molecule has 0 aliphatic rings. The molecule has 0 unspecified atom stereocenters. The van der Waals surface area contributed by atoms with Gasteiger partial charge in [-0.15, -0.1) is 11.3 Å². The summed E-state index contributed by atoms with van der Waals surface area (Å²) >= 11 is 1.50. The molecule has 0 bridgehead atoms. The molecule has 0 aliphatic carbocycles. The van der Waals surface area contributed by atoms with E-state index in [1.807, 2.05) is 18.4 Å². The molecule has 3 rings (SSSR count). The molecule has 2 heterocycles. The van der Waals surface area contributed by atoms with E-state index in [-0.39, 0.29) is 5.43 Å². The average Bonchev–Trinajstić information content (AvgIpc) is 2.94. The van der Waals surface area contributed by atoms with Gasteiger partial charge in [0.25, 0.3) is 0 Å². The Morgan fingerprint density at radius 3 is 2.89 bits per heavy atom. The number of aryl methyl sites for hydroxylation is 1. The molecule has 0 radical (unpaired) electrons. The molecule has 0 atom stereocenters. The number of ether oxygens (including phenoxy) is 1. The number of thiazole rings is 1. The highest BCUT2D eigenvalue weighted by molar-refractivity contribution is 7.13. The van der Waals surface area contributed by atoms with Crippen LogP contribution >= 0.6 is 11.3 Å². The van der Waals surface area contributed by atoms with E-state index >= 15 is 0 Å². The van der Waals surface area contributed by atoms with Crippen LogP contribution in [-0.2, 0) is 0 Å². The lowest BCUT2D eigenvalue weighted by Crippen LogP contribution is -2.04. The van der Waals surface area contributed by atoms with Crippen molar-refractivity contribution in [3.63, 3.8) is 0 Å². The third-order valence-electron chi connectivity index (χ3n) is 3.10. The molecule has 4 nitrogen and oxygen atoms in total. The Hall–Kier alpha value is -2.14. The van der Waals surface area contributed by atoms with Gasteiger partial charge in [-0.05, 0) is 19.1 Å². The molecule has 0 saturated heterocycles. The van der Waals surface area contributed by atoms with Gasteiger partial charge in [-0.3, -0.25) is 4.79 Å². The van der Waals surface area contributed by atoms with Crippen molar-refractivity contribution < 1.29 is 4.74 Å². The Labute approximate surface area is 113 Å². The summed E-state index contributed by atoms with van der Waals surface area (Å²) in [6, 6.07) is 5.19. The maximum Gasteiger partial charge on any atom is 0.190 e. The van der Waals surface area contributed by atoms with Crippen LogP contribution in [0.25, 0.3) is 21.6 Å². The highest BCUT2D eigenvalue weighted by Gasteiger charge is 2.10. The summed E-state index contributed by atoms with van der Waals surface area (Å²) in [4.78, 5) is 19.7. The molecule has 1 N–H and O–H groups in total. The monoisotopic (exact) mass is 272 g/mol. The van der Waals surface area contributed by atoms with Crippen LogP contribution in [0.3, 0.4) is 0 Å². The number of benzene rings is 1. The number of hydrogen-bond acceptors (Lipinski definition) is 4. The summed E-state index contributed by atoms with van der Waals surface area (Å²) in [5.41, 5.74) is 2.46. The quantitative estimate of drug-likeness (QED) is 0.780. The van der Waals surface area contributed by atoms with Crippen LogP contribution in [0.4, 0.5) is 0 Å². The van der Waals surface area contributed by atoms with Crippen molar-refractivity contribution in [2.75, 3.05) is 7.11 Å². The molecule has 0 aliphatic heterocycles. The van der Waals surface area contributed by atoms with E-state index < -0.39 is 0 Å². The summed E-state index contributed by atoms with van der Waals surface area (Å²) in [7, 11) is 1.62. The van der Waals surface area contributed by atoms with Crippen molar-refractivity contribution >= 4 is 22.2 Å². The molecular weight excluding hydrogens is 260 g/mol. The first-order valence-corrected chi connectivity index (χ1v) is 6.69. The Morgan fingerprint density at radius 1 is 1.37 bits per heavy atom. The molecular formula is C14H12N2O2S. The van der Waals surface area contributed by atoms with Gasteiger partial charge in [0.2, 0.25) is 0 Å². The Kier molecular flexibility index (Phi) is 2.83. The van der Waals surface area contributed by atoms with Crippen LogP contribution in [0.15, 0.2) is 34.6 Å². The number of fused-ring (bicyclic) bond motifs is 1. The molecule has 0 saturated carbocycles. The fourth-order valence-electron chi connectivity index (χ4n) is 2.13. The van der Waals surface area contributed by atoms with Crippen molar-refractivity contribution in [1.29, 1.82) is 0 Å². The highest BCUT2D eigenvalue weighted by Crippen LogP contribution is 2.26.